The maximum atomic E-state index is 12.0. The summed E-state index contributed by atoms with van der Waals surface area (Å²) in [7, 11) is 0. The number of benzene rings is 1. The standard InChI is InChI=1S/C14H13FN2O2/c1-3-16-9-14-10(2)8-13(17(14)18)11-4-6-12(19-15)7-5-11/h3-9,18H,2H2,1H3/b14-9+,16-3?. The average molecular weight is 260 g/mol. The van der Waals surface area contributed by atoms with Gasteiger partial charge in [-0.3, -0.25) is 9.93 Å². The molecule has 19 heavy (non-hydrogen) atoms. The first-order chi connectivity index (χ1) is 9.17. The van der Waals surface area contributed by atoms with E-state index in [0.29, 0.717) is 21.8 Å². The summed E-state index contributed by atoms with van der Waals surface area (Å²) in [5.41, 5.74) is 1.27. The molecule has 0 atom stereocenters. The second-order valence-electron chi connectivity index (χ2n) is 3.89. The smallest absolute Gasteiger partial charge is 0.171 e. The average Bonchev–Trinajstić information content (AvgIpc) is 2.72. The number of rotatable bonds is 3. The van der Waals surface area contributed by atoms with Crippen LogP contribution in [0.4, 0.5) is 4.53 Å². The number of nitrogens with zero attached hydrogens (tertiary/aromatic N) is 2. The van der Waals surface area contributed by atoms with E-state index in [2.05, 4.69) is 16.5 Å². The van der Waals surface area contributed by atoms with E-state index in [1.165, 1.54) is 18.3 Å². The van der Waals surface area contributed by atoms with Crippen LogP contribution in [0, 0.1) is 0 Å². The van der Waals surface area contributed by atoms with Crippen LogP contribution in [0.3, 0.4) is 0 Å². The summed E-state index contributed by atoms with van der Waals surface area (Å²) < 4.78 is 13.0. The van der Waals surface area contributed by atoms with Crippen molar-refractivity contribution in [2.75, 3.05) is 0 Å². The van der Waals surface area contributed by atoms with Crippen molar-refractivity contribution in [3.05, 3.63) is 40.9 Å². The lowest BCUT2D eigenvalue weighted by Gasteiger charge is -2.02. The zero-order chi connectivity index (χ0) is 13.8. The minimum Gasteiger partial charge on any atom is -0.428 e. The van der Waals surface area contributed by atoms with Gasteiger partial charge in [0.1, 0.15) is 5.35 Å². The van der Waals surface area contributed by atoms with E-state index in [9.17, 15) is 9.73 Å². The molecule has 1 heterocycles. The zero-order valence-corrected chi connectivity index (χ0v) is 10.4. The molecular formula is C14H13FN2O2. The van der Waals surface area contributed by atoms with Crippen LogP contribution >= 0.6 is 0 Å². The summed E-state index contributed by atoms with van der Waals surface area (Å²) in [4.78, 5) is 7.57. The molecule has 0 amide bonds. The Morgan fingerprint density at radius 2 is 2.05 bits per heavy atom. The molecule has 2 aromatic rings. The maximum absolute atomic E-state index is 12.0. The van der Waals surface area contributed by atoms with Gasteiger partial charge in [-0.25, -0.2) is 0 Å². The second-order valence-corrected chi connectivity index (χ2v) is 3.89. The van der Waals surface area contributed by atoms with Crippen molar-refractivity contribution in [1.82, 2.24) is 4.73 Å². The number of hydrogen-bond acceptors (Lipinski definition) is 3. The van der Waals surface area contributed by atoms with Crippen LogP contribution in [0.15, 0.2) is 35.3 Å². The highest BCUT2D eigenvalue weighted by Crippen LogP contribution is 2.20. The SMILES string of the molecule is C=c1cc(-c2ccc(OF)cc2)n(O)/c1=C/N=CC. The van der Waals surface area contributed by atoms with E-state index < -0.39 is 0 Å². The third-order valence-electron chi connectivity index (χ3n) is 2.68. The molecule has 0 saturated heterocycles. The van der Waals surface area contributed by atoms with Gasteiger partial charge in [-0.2, -0.15) is 4.73 Å². The molecule has 0 unspecified atom stereocenters. The van der Waals surface area contributed by atoms with Gasteiger partial charge in [0.15, 0.2) is 5.75 Å². The van der Waals surface area contributed by atoms with E-state index in [-0.39, 0.29) is 5.75 Å². The van der Waals surface area contributed by atoms with Crippen molar-refractivity contribution in [1.29, 1.82) is 0 Å². The largest absolute Gasteiger partial charge is 0.428 e. The van der Waals surface area contributed by atoms with Crippen molar-refractivity contribution in [3.63, 3.8) is 0 Å². The number of aliphatic imine (C=N–C) groups is 1. The van der Waals surface area contributed by atoms with E-state index in [1.54, 1.807) is 31.3 Å². The molecule has 0 spiro atoms. The van der Waals surface area contributed by atoms with Crippen molar-refractivity contribution in [2.24, 2.45) is 4.99 Å². The lowest BCUT2D eigenvalue weighted by molar-refractivity contribution is -0.00619. The molecule has 98 valence electrons. The van der Waals surface area contributed by atoms with E-state index >= 15 is 0 Å². The molecule has 1 aromatic carbocycles. The van der Waals surface area contributed by atoms with Crippen LogP contribution in [0.5, 0.6) is 5.75 Å². The summed E-state index contributed by atoms with van der Waals surface area (Å²) in [5, 5.41) is 11.2. The zero-order valence-electron chi connectivity index (χ0n) is 10.4. The number of aromatic nitrogens is 1. The quantitative estimate of drug-likeness (QED) is 0.676. The van der Waals surface area contributed by atoms with Crippen LogP contribution in [-0.4, -0.2) is 16.2 Å². The molecule has 1 N–H and O–H groups in total. The lowest BCUT2D eigenvalue weighted by atomic mass is 10.1. The predicted octanol–water partition coefficient (Wildman–Crippen LogP) is 1.89. The third-order valence-corrected chi connectivity index (χ3v) is 2.68. The molecule has 0 aliphatic carbocycles. The van der Waals surface area contributed by atoms with E-state index in [0.717, 1.165) is 4.73 Å². The van der Waals surface area contributed by atoms with E-state index in [1.807, 2.05) is 0 Å². The van der Waals surface area contributed by atoms with Gasteiger partial charge in [0.2, 0.25) is 0 Å². The monoisotopic (exact) mass is 260 g/mol. The summed E-state index contributed by atoms with van der Waals surface area (Å²) in [6.07, 6.45) is 3.13. The fraction of sp³-hybridized carbons (Fsp3) is 0.0714. The summed E-state index contributed by atoms with van der Waals surface area (Å²) in [6.45, 7) is 5.62. The molecular weight excluding hydrogens is 247 g/mol. The lowest BCUT2D eigenvalue weighted by Crippen LogP contribution is -2.26. The molecule has 5 heteroatoms. The van der Waals surface area contributed by atoms with Gasteiger partial charge >= 0.3 is 0 Å². The third kappa shape index (κ3) is 2.49. The Morgan fingerprint density at radius 1 is 1.37 bits per heavy atom. The van der Waals surface area contributed by atoms with Crippen LogP contribution in [0.25, 0.3) is 24.0 Å². The second kappa shape index (κ2) is 5.39. The number of hydrogen-bond donors (Lipinski definition) is 1. The maximum Gasteiger partial charge on any atom is 0.171 e. The molecule has 2 rings (SSSR count). The van der Waals surface area contributed by atoms with Crippen molar-refractivity contribution < 1.29 is 14.7 Å². The van der Waals surface area contributed by atoms with Gasteiger partial charge in [0, 0.05) is 16.3 Å². The molecule has 1 aromatic heterocycles. The highest BCUT2D eigenvalue weighted by atomic mass is 19.3. The van der Waals surface area contributed by atoms with Crippen molar-refractivity contribution in [3.8, 4) is 17.0 Å². The predicted molar refractivity (Wildman–Crippen MR) is 72.2 cm³/mol. The molecule has 0 aliphatic heterocycles. The van der Waals surface area contributed by atoms with Crippen molar-refractivity contribution >= 4 is 19.0 Å². The molecule has 0 fully saturated rings. The van der Waals surface area contributed by atoms with Crippen LogP contribution in [0.2, 0.25) is 0 Å². The van der Waals surface area contributed by atoms with Gasteiger partial charge in [0.25, 0.3) is 0 Å². The first-order valence-electron chi connectivity index (χ1n) is 5.64. The highest BCUT2D eigenvalue weighted by Gasteiger charge is 2.07. The normalized spacial score (nSPS) is 12.2. The number of halogens is 1. The van der Waals surface area contributed by atoms with Gasteiger partial charge < -0.3 is 5.21 Å². The first-order valence-corrected chi connectivity index (χ1v) is 5.64. The molecule has 0 saturated carbocycles. The Balaban J connectivity index is 2.54. The van der Waals surface area contributed by atoms with Gasteiger partial charge in [-0.05, 0) is 42.5 Å². The topological polar surface area (TPSA) is 46.8 Å². The fourth-order valence-corrected chi connectivity index (χ4v) is 1.73. The van der Waals surface area contributed by atoms with Crippen molar-refractivity contribution in [2.45, 2.75) is 6.92 Å². The van der Waals surface area contributed by atoms with E-state index in [4.69, 9.17) is 0 Å². The first kappa shape index (κ1) is 12.9. The summed E-state index contributed by atoms with van der Waals surface area (Å²) in [6, 6.07) is 7.95. The highest BCUT2D eigenvalue weighted by molar-refractivity contribution is 5.62. The van der Waals surface area contributed by atoms with Crippen LogP contribution in [-0.2, 0) is 0 Å². The minimum absolute atomic E-state index is 0.108. The Hall–Kier alpha value is -2.56. The van der Waals surface area contributed by atoms with Gasteiger partial charge in [0.05, 0.1) is 11.9 Å². The minimum atomic E-state index is 0.108. The summed E-state index contributed by atoms with van der Waals surface area (Å²) >= 11 is 0. The molecule has 4 nitrogen and oxygen atoms in total. The van der Waals surface area contributed by atoms with Crippen LogP contribution < -0.4 is 15.5 Å². The Labute approximate surface area is 109 Å². The molecule has 0 bridgehead atoms. The Bertz CT molecular complexity index is 702. The summed E-state index contributed by atoms with van der Waals surface area (Å²) in [5.74, 6) is 0.108. The fourth-order valence-electron chi connectivity index (χ4n) is 1.73. The van der Waals surface area contributed by atoms with Crippen LogP contribution in [0.1, 0.15) is 6.92 Å². The Morgan fingerprint density at radius 3 is 2.63 bits per heavy atom. The van der Waals surface area contributed by atoms with Gasteiger partial charge in [-0.15, -0.1) is 0 Å². The van der Waals surface area contributed by atoms with Gasteiger partial charge in [-0.1, -0.05) is 6.58 Å². The molecule has 0 radical (unpaired) electrons. The Kier molecular flexibility index (Phi) is 3.66. The molecule has 0 aliphatic rings.